The number of H-pyrrole nitrogens is 1. The first-order valence-corrected chi connectivity index (χ1v) is 12.5. The van der Waals surface area contributed by atoms with Crippen LogP contribution in [0.5, 0.6) is 11.5 Å². The minimum absolute atomic E-state index is 0.0128. The molecule has 11 heteroatoms. The number of aromatic nitrogens is 2. The van der Waals surface area contributed by atoms with Gasteiger partial charge in [0.2, 0.25) is 5.91 Å². The molecule has 1 aromatic heterocycles. The predicted molar refractivity (Wildman–Crippen MR) is 141 cm³/mol. The summed E-state index contributed by atoms with van der Waals surface area (Å²) in [7, 11) is 1.58. The number of aromatic amines is 1. The monoisotopic (exact) mass is 523 g/mol. The maximum atomic E-state index is 13.6. The Hall–Kier alpha value is -4.09. The van der Waals surface area contributed by atoms with Crippen molar-refractivity contribution >= 4 is 17.6 Å². The zero-order chi connectivity index (χ0) is 26.7. The third-order valence-electron chi connectivity index (χ3n) is 6.10. The number of aliphatic hydroxyl groups excluding tert-OH is 1. The molecule has 0 atom stereocenters. The first-order valence-electron chi connectivity index (χ1n) is 12.5. The van der Waals surface area contributed by atoms with E-state index in [1.165, 1.54) is 4.90 Å². The van der Waals surface area contributed by atoms with E-state index in [1.807, 2.05) is 36.4 Å². The molecule has 3 aromatic rings. The highest BCUT2D eigenvalue weighted by Crippen LogP contribution is 2.31. The maximum absolute atomic E-state index is 13.6. The van der Waals surface area contributed by atoms with E-state index in [9.17, 15) is 14.7 Å². The summed E-state index contributed by atoms with van der Waals surface area (Å²) in [6.45, 7) is 2.30. The zero-order valence-electron chi connectivity index (χ0n) is 21.4. The molecule has 1 aliphatic heterocycles. The number of urea groups is 1. The number of morpholine rings is 1. The summed E-state index contributed by atoms with van der Waals surface area (Å²) in [6.07, 6.45) is 3.90. The second-order valence-corrected chi connectivity index (χ2v) is 8.75. The zero-order valence-corrected chi connectivity index (χ0v) is 21.4. The van der Waals surface area contributed by atoms with Gasteiger partial charge in [-0.05, 0) is 35.4 Å². The molecule has 2 aromatic carbocycles. The molecule has 202 valence electrons. The van der Waals surface area contributed by atoms with Gasteiger partial charge >= 0.3 is 6.03 Å². The van der Waals surface area contributed by atoms with Crippen molar-refractivity contribution in [2.75, 3.05) is 58.5 Å². The Morgan fingerprint density at radius 2 is 2.03 bits per heavy atom. The van der Waals surface area contributed by atoms with Crippen LogP contribution in [0, 0.1) is 0 Å². The van der Waals surface area contributed by atoms with Gasteiger partial charge in [-0.3, -0.25) is 9.89 Å². The van der Waals surface area contributed by atoms with Gasteiger partial charge in [-0.15, -0.1) is 0 Å². The minimum atomic E-state index is -0.447. The third-order valence-corrected chi connectivity index (χ3v) is 6.10. The van der Waals surface area contributed by atoms with E-state index < -0.39 is 6.03 Å². The van der Waals surface area contributed by atoms with Gasteiger partial charge in [-0.1, -0.05) is 18.2 Å². The van der Waals surface area contributed by atoms with Crippen LogP contribution in [-0.4, -0.2) is 90.2 Å². The van der Waals surface area contributed by atoms with Crippen LogP contribution in [0.25, 0.3) is 11.1 Å². The molecule has 0 unspecified atom stereocenters. The predicted octanol–water partition coefficient (Wildman–Crippen LogP) is 2.74. The van der Waals surface area contributed by atoms with Gasteiger partial charge in [0, 0.05) is 44.4 Å². The number of aliphatic hydroxyl groups is 1. The van der Waals surface area contributed by atoms with Crippen molar-refractivity contribution in [2.45, 2.75) is 13.0 Å². The number of ether oxygens (including phenoxy) is 3. The summed E-state index contributed by atoms with van der Waals surface area (Å²) in [5.74, 6) is 0.962. The molecule has 1 aliphatic rings. The SMILES string of the molecule is COc1cccc(CN(CC(=O)N2CCOCC2)C(=O)Nc2ccc(-c3cn[nH]c3)cc2OCCCO)c1. The summed E-state index contributed by atoms with van der Waals surface area (Å²) in [4.78, 5) is 29.8. The normalized spacial score (nSPS) is 13.2. The fraction of sp³-hybridized carbons (Fsp3) is 0.370. The number of hydrogen-bond acceptors (Lipinski definition) is 7. The summed E-state index contributed by atoms with van der Waals surface area (Å²) < 4.78 is 16.6. The minimum Gasteiger partial charge on any atom is -0.497 e. The van der Waals surface area contributed by atoms with E-state index in [0.29, 0.717) is 49.9 Å². The fourth-order valence-electron chi connectivity index (χ4n) is 4.04. The number of carbonyl (C=O) groups excluding carboxylic acids is 2. The van der Waals surface area contributed by atoms with Crippen LogP contribution in [0.2, 0.25) is 0 Å². The molecule has 2 heterocycles. The number of amides is 3. The Balaban J connectivity index is 1.56. The molecule has 0 bridgehead atoms. The Morgan fingerprint density at radius 1 is 1.18 bits per heavy atom. The first kappa shape index (κ1) is 27.0. The molecule has 4 rings (SSSR count). The first-order chi connectivity index (χ1) is 18.6. The van der Waals surface area contributed by atoms with Crippen molar-refractivity contribution in [1.82, 2.24) is 20.0 Å². The average molecular weight is 524 g/mol. The van der Waals surface area contributed by atoms with Gasteiger partial charge in [-0.25, -0.2) is 4.79 Å². The van der Waals surface area contributed by atoms with E-state index in [4.69, 9.17) is 14.2 Å². The smallest absolute Gasteiger partial charge is 0.322 e. The van der Waals surface area contributed by atoms with E-state index >= 15 is 0 Å². The molecule has 11 nitrogen and oxygen atoms in total. The highest BCUT2D eigenvalue weighted by Gasteiger charge is 2.24. The van der Waals surface area contributed by atoms with Crippen molar-refractivity contribution in [3.63, 3.8) is 0 Å². The van der Waals surface area contributed by atoms with Crippen molar-refractivity contribution in [3.05, 3.63) is 60.4 Å². The molecular weight excluding hydrogens is 490 g/mol. The van der Waals surface area contributed by atoms with Crippen molar-refractivity contribution in [3.8, 4) is 22.6 Å². The van der Waals surface area contributed by atoms with Crippen molar-refractivity contribution < 1.29 is 28.9 Å². The lowest BCUT2D eigenvalue weighted by Gasteiger charge is -2.30. The molecule has 0 saturated carbocycles. The van der Waals surface area contributed by atoms with Crippen LogP contribution in [0.15, 0.2) is 54.9 Å². The van der Waals surface area contributed by atoms with Gasteiger partial charge in [0.1, 0.15) is 18.0 Å². The van der Waals surface area contributed by atoms with E-state index in [0.717, 1.165) is 16.7 Å². The lowest BCUT2D eigenvalue weighted by atomic mass is 10.1. The van der Waals surface area contributed by atoms with Crippen LogP contribution in [0.4, 0.5) is 10.5 Å². The Bertz CT molecular complexity index is 1200. The van der Waals surface area contributed by atoms with Gasteiger partial charge < -0.3 is 34.4 Å². The van der Waals surface area contributed by atoms with E-state index in [-0.39, 0.29) is 32.2 Å². The number of benzene rings is 2. The fourth-order valence-corrected chi connectivity index (χ4v) is 4.04. The number of rotatable bonds is 11. The molecule has 3 N–H and O–H groups in total. The number of anilines is 1. The van der Waals surface area contributed by atoms with Crippen LogP contribution in [0.1, 0.15) is 12.0 Å². The molecule has 1 fully saturated rings. The Morgan fingerprint density at radius 3 is 2.76 bits per heavy atom. The molecule has 0 radical (unpaired) electrons. The lowest BCUT2D eigenvalue weighted by molar-refractivity contribution is -0.135. The number of nitrogens with zero attached hydrogens (tertiary/aromatic N) is 3. The molecule has 1 saturated heterocycles. The topological polar surface area (TPSA) is 129 Å². The average Bonchev–Trinajstić information content (AvgIpc) is 3.49. The lowest BCUT2D eigenvalue weighted by Crippen LogP contribution is -2.47. The van der Waals surface area contributed by atoms with Crippen molar-refractivity contribution in [2.24, 2.45) is 0 Å². The van der Waals surface area contributed by atoms with Gasteiger partial charge in [0.25, 0.3) is 0 Å². The van der Waals surface area contributed by atoms with Crippen LogP contribution in [-0.2, 0) is 16.1 Å². The summed E-state index contributed by atoms with van der Waals surface area (Å²) in [5.41, 5.74) is 3.00. The van der Waals surface area contributed by atoms with Gasteiger partial charge in [0.15, 0.2) is 0 Å². The molecule has 38 heavy (non-hydrogen) atoms. The molecular formula is C27H33N5O6. The number of hydrogen-bond donors (Lipinski definition) is 3. The van der Waals surface area contributed by atoms with E-state index in [1.54, 1.807) is 30.5 Å². The number of nitrogens with one attached hydrogen (secondary N) is 2. The highest BCUT2D eigenvalue weighted by molar-refractivity contribution is 5.94. The van der Waals surface area contributed by atoms with Gasteiger partial charge in [0.05, 0.1) is 38.8 Å². The Kier molecular flexibility index (Phi) is 9.54. The van der Waals surface area contributed by atoms with Gasteiger partial charge in [-0.2, -0.15) is 5.10 Å². The largest absolute Gasteiger partial charge is 0.497 e. The number of methoxy groups -OCH3 is 1. The Labute approximate surface area is 221 Å². The van der Waals surface area contributed by atoms with Crippen LogP contribution in [0.3, 0.4) is 0 Å². The summed E-state index contributed by atoms with van der Waals surface area (Å²) >= 11 is 0. The number of carbonyl (C=O) groups is 2. The second-order valence-electron chi connectivity index (χ2n) is 8.75. The summed E-state index contributed by atoms with van der Waals surface area (Å²) in [6, 6.07) is 12.3. The van der Waals surface area contributed by atoms with Crippen LogP contribution >= 0.6 is 0 Å². The van der Waals surface area contributed by atoms with Crippen molar-refractivity contribution in [1.29, 1.82) is 0 Å². The standard InChI is InChI=1S/C27H33N5O6/c1-36-23-5-2-4-20(14-23)18-32(19-26(34)31-8-12-37-13-9-31)27(35)30-24-7-6-21(22-16-28-29-17-22)15-25(24)38-11-3-10-33/h2,4-7,14-17,33H,3,8-13,18-19H2,1H3,(H,28,29)(H,30,35). The molecule has 0 aliphatic carbocycles. The summed E-state index contributed by atoms with van der Waals surface area (Å²) in [5, 5.41) is 18.9. The second kappa shape index (κ2) is 13.5. The molecule has 0 spiro atoms. The maximum Gasteiger partial charge on any atom is 0.322 e. The quantitative estimate of drug-likeness (QED) is 0.330. The van der Waals surface area contributed by atoms with Crippen LogP contribution < -0.4 is 14.8 Å². The molecule has 3 amide bonds. The third kappa shape index (κ3) is 7.24. The highest BCUT2D eigenvalue weighted by atomic mass is 16.5. The van der Waals surface area contributed by atoms with E-state index in [2.05, 4.69) is 15.5 Å².